The minimum absolute atomic E-state index is 0.0383. The second-order valence-corrected chi connectivity index (χ2v) is 5.01. The van der Waals surface area contributed by atoms with Crippen LogP contribution in [0.15, 0.2) is 18.2 Å². The Hall–Kier alpha value is -2.02. The molecular formula is C15H19FN2O4. The van der Waals surface area contributed by atoms with Crippen LogP contribution in [-0.2, 0) is 14.3 Å². The van der Waals surface area contributed by atoms with Gasteiger partial charge in [0.25, 0.3) is 5.91 Å². The maximum absolute atomic E-state index is 13.2. The SMILES string of the molecule is COC(=O)CCN(C(=O)c1cccc(F)n1)C1CCOCC1. The highest BCUT2D eigenvalue weighted by Gasteiger charge is 2.28. The van der Waals surface area contributed by atoms with Crippen LogP contribution in [0.25, 0.3) is 0 Å². The number of carbonyl (C=O) groups is 2. The summed E-state index contributed by atoms with van der Waals surface area (Å²) in [5.41, 5.74) is 0.0383. The van der Waals surface area contributed by atoms with Gasteiger partial charge in [-0.05, 0) is 25.0 Å². The molecule has 6 nitrogen and oxygen atoms in total. The third-order valence-electron chi connectivity index (χ3n) is 3.61. The molecular weight excluding hydrogens is 291 g/mol. The third kappa shape index (κ3) is 4.24. The minimum Gasteiger partial charge on any atom is -0.469 e. The van der Waals surface area contributed by atoms with Crippen molar-refractivity contribution in [1.82, 2.24) is 9.88 Å². The summed E-state index contributed by atoms with van der Waals surface area (Å²) in [6, 6.07) is 4.05. The van der Waals surface area contributed by atoms with Crippen LogP contribution in [0.5, 0.6) is 0 Å². The summed E-state index contributed by atoms with van der Waals surface area (Å²) in [7, 11) is 1.30. The smallest absolute Gasteiger partial charge is 0.307 e. The fraction of sp³-hybridized carbons (Fsp3) is 0.533. The Morgan fingerprint density at radius 3 is 2.77 bits per heavy atom. The number of nitrogens with zero attached hydrogens (tertiary/aromatic N) is 2. The van der Waals surface area contributed by atoms with E-state index < -0.39 is 11.9 Å². The Labute approximate surface area is 128 Å². The number of halogens is 1. The van der Waals surface area contributed by atoms with E-state index in [0.717, 1.165) is 0 Å². The highest BCUT2D eigenvalue weighted by atomic mass is 19.1. The third-order valence-corrected chi connectivity index (χ3v) is 3.61. The van der Waals surface area contributed by atoms with Crippen LogP contribution in [-0.4, -0.2) is 54.7 Å². The molecule has 0 saturated carbocycles. The molecule has 1 aliphatic heterocycles. The molecule has 1 saturated heterocycles. The Kier molecular flexibility index (Phi) is 5.83. The molecule has 7 heteroatoms. The van der Waals surface area contributed by atoms with E-state index >= 15 is 0 Å². The van der Waals surface area contributed by atoms with E-state index in [-0.39, 0.29) is 30.6 Å². The molecule has 0 aliphatic carbocycles. The van der Waals surface area contributed by atoms with E-state index in [2.05, 4.69) is 9.72 Å². The molecule has 0 radical (unpaired) electrons. The molecule has 2 rings (SSSR count). The first-order chi connectivity index (χ1) is 10.6. The van der Waals surface area contributed by atoms with Crippen molar-refractivity contribution < 1.29 is 23.5 Å². The predicted molar refractivity (Wildman–Crippen MR) is 75.7 cm³/mol. The van der Waals surface area contributed by atoms with Crippen LogP contribution >= 0.6 is 0 Å². The summed E-state index contributed by atoms with van der Waals surface area (Å²) in [6.45, 7) is 1.33. The van der Waals surface area contributed by atoms with Crippen molar-refractivity contribution in [3.05, 3.63) is 29.8 Å². The molecule has 1 aromatic heterocycles. The number of hydrogen-bond donors (Lipinski definition) is 0. The molecule has 1 amide bonds. The van der Waals surface area contributed by atoms with Gasteiger partial charge in [0.1, 0.15) is 5.69 Å². The molecule has 0 N–H and O–H groups in total. The summed E-state index contributed by atoms with van der Waals surface area (Å²) in [5, 5.41) is 0. The highest BCUT2D eigenvalue weighted by Crippen LogP contribution is 2.17. The van der Waals surface area contributed by atoms with Crippen molar-refractivity contribution in [1.29, 1.82) is 0 Å². The maximum Gasteiger partial charge on any atom is 0.307 e. The Morgan fingerprint density at radius 2 is 2.14 bits per heavy atom. The van der Waals surface area contributed by atoms with Crippen LogP contribution in [0.2, 0.25) is 0 Å². The van der Waals surface area contributed by atoms with Gasteiger partial charge in [-0.25, -0.2) is 4.98 Å². The first-order valence-electron chi connectivity index (χ1n) is 7.20. The average Bonchev–Trinajstić information content (AvgIpc) is 2.55. The van der Waals surface area contributed by atoms with E-state index in [4.69, 9.17) is 4.74 Å². The van der Waals surface area contributed by atoms with Gasteiger partial charge in [-0.3, -0.25) is 9.59 Å². The van der Waals surface area contributed by atoms with Gasteiger partial charge >= 0.3 is 5.97 Å². The molecule has 120 valence electrons. The van der Waals surface area contributed by atoms with E-state index in [0.29, 0.717) is 26.1 Å². The van der Waals surface area contributed by atoms with Crippen molar-refractivity contribution in [2.75, 3.05) is 26.9 Å². The van der Waals surface area contributed by atoms with E-state index in [1.165, 1.54) is 25.3 Å². The lowest BCUT2D eigenvalue weighted by Gasteiger charge is -2.34. The molecule has 1 aromatic rings. The average molecular weight is 310 g/mol. The number of carbonyl (C=O) groups excluding carboxylic acids is 2. The summed E-state index contributed by atoms with van der Waals surface area (Å²) in [4.78, 5) is 29.2. The van der Waals surface area contributed by atoms with E-state index in [1.807, 2.05) is 0 Å². The number of rotatable bonds is 5. The first kappa shape index (κ1) is 16.4. The summed E-state index contributed by atoms with van der Waals surface area (Å²) in [6.07, 6.45) is 1.46. The second-order valence-electron chi connectivity index (χ2n) is 5.01. The van der Waals surface area contributed by atoms with Gasteiger partial charge < -0.3 is 14.4 Å². The molecule has 0 aromatic carbocycles. The zero-order valence-electron chi connectivity index (χ0n) is 12.5. The van der Waals surface area contributed by atoms with Crippen LogP contribution < -0.4 is 0 Å². The second kappa shape index (κ2) is 7.84. The van der Waals surface area contributed by atoms with Gasteiger partial charge in [0.15, 0.2) is 0 Å². The maximum atomic E-state index is 13.2. The van der Waals surface area contributed by atoms with Gasteiger partial charge in [0.2, 0.25) is 5.95 Å². The highest BCUT2D eigenvalue weighted by molar-refractivity contribution is 5.92. The summed E-state index contributed by atoms with van der Waals surface area (Å²) in [5.74, 6) is -1.47. The van der Waals surface area contributed by atoms with Crippen molar-refractivity contribution in [2.24, 2.45) is 0 Å². The lowest BCUT2D eigenvalue weighted by molar-refractivity contribution is -0.140. The molecule has 1 fully saturated rings. The fourth-order valence-corrected chi connectivity index (χ4v) is 2.44. The Bertz CT molecular complexity index is 532. The largest absolute Gasteiger partial charge is 0.469 e. The molecule has 0 atom stereocenters. The standard InChI is InChI=1S/C15H19FN2O4/c1-21-14(19)5-8-18(11-6-9-22-10-7-11)15(20)12-3-2-4-13(16)17-12/h2-4,11H,5-10H2,1H3. The molecule has 1 aliphatic rings. The fourth-order valence-electron chi connectivity index (χ4n) is 2.44. The minimum atomic E-state index is -0.703. The molecule has 0 unspecified atom stereocenters. The number of amides is 1. The topological polar surface area (TPSA) is 68.7 Å². The zero-order chi connectivity index (χ0) is 15.9. The van der Waals surface area contributed by atoms with Gasteiger partial charge in [0, 0.05) is 25.8 Å². The van der Waals surface area contributed by atoms with Crippen molar-refractivity contribution in [3.63, 3.8) is 0 Å². The zero-order valence-corrected chi connectivity index (χ0v) is 12.5. The van der Waals surface area contributed by atoms with Crippen molar-refractivity contribution in [2.45, 2.75) is 25.3 Å². The number of ether oxygens (including phenoxy) is 2. The van der Waals surface area contributed by atoms with Crippen LogP contribution in [0.4, 0.5) is 4.39 Å². The lowest BCUT2D eigenvalue weighted by atomic mass is 10.1. The van der Waals surface area contributed by atoms with Gasteiger partial charge in [0.05, 0.1) is 13.5 Å². The number of esters is 1. The molecule has 0 spiro atoms. The quantitative estimate of drug-likeness (QED) is 0.607. The molecule has 0 bridgehead atoms. The van der Waals surface area contributed by atoms with Crippen LogP contribution in [0.1, 0.15) is 29.8 Å². The Morgan fingerprint density at radius 1 is 1.41 bits per heavy atom. The number of methoxy groups -OCH3 is 1. The van der Waals surface area contributed by atoms with E-state index in [9.17, 15) is 14.0 Å². The summed E-state index contributed by atoms with van der Waals surface area (Å²) >= 11 is 0. The molecule has 22 heavy (non-hydrogen) atoms. The van der Waals surface area contributed by atoms with Crippen LogP contribution in [0, 0.1) is 5.95 Å². The Balaban J connectivity index is 2.14. The first-order valence-corrected chi connectivity index (χ1v) is 7.20. The normalized spacial score (nSPS) is 15.4. The number of pyridine rings is 1. The van der Waals surface area contributed by atoms with Gasteiger partial charge in [-0.1, -0.05) is 6.07 Å². The monoisotopic (exact) mass is 310 g/mol. The lowest BCUT2D eigenvalue weighted by Crippen LogP contribution is -2.44. The van der Waals surface area contributed by atoms with E-state index in [1.54, 1.807) is 4.90 Å². The number of hydrogen-bond acceptors (Lipinski definition) is 5. The van der Waals surface area contributed by atoms with Crippen molar-refractivity contribution in [3.8, 4) is 0 Å². The van der Waals surface area contributed by atoms with Crippen LogP contribution in [0.3, 0.4) is 0 Å². The van der Waals surface area contributed by atoms with Gasteiger partial charge in [-0.15, -0.1) is 0 Å². The molecule has 2 heterocycles. The number of aromatic nitrogens is 1. The predicted octanol–water partition coefficient (Wildman–Crippen LogP) is 1.41. The van der Waals surface area contributed by atoms with Gasteiger partial charge in [-0.2, -0.15) is 4.39 Å². The van der Waals surface area contributed by atoms with Crippen molar-refractivity contribution >= 4 is 11.9 Å². The summed E-state index contributed by atoms with van der Waals surface area (Å²) < 4.78 is 23.1.